The van der Waals surface area contributed by atoms with Crippen LogP contribution in [0.4, 0.5) is 0 Å². The highest BCUT2D eigenvalue weighted by Crippen LogP contribution is 2.10. The summed E-state index contributed by atoms with van der Waals surface area (Å²) in [7, 11) is 5.23. The Hall–Kier alpha value is -2.36. The molecule has 2 aromatic rings. The van der Waals surface area contributed by atoms with Crippen molar-refractivity contribution in [3.63, 3.8) is 0 Å². The molecule has 0 saturated carbocycles. The van der Waals surface area contributed by atoms with Gasteiger partial charge in [-0.25, -0.2) is 0 Å². The standard InChI is InChI=1S/C15H16N2O2/c1-16(2)14(18)9-8-11-10-17(3)13-7-5-4-6-12(13)15(11)19/h4-10H,1-3H3/b9-8+. The molecule has 0 bridgehead atoms. The monoisotopic (exact) mass is 256 g/mol. The van der Waals surface area contributed by atoms with Gasteiger partial charge in [-0.2, -0.15) is 0 Å². The van der Waals surface area contributed by atoms with Crippen molar-refractivity contribution in [2.45, 2.75) is 0 Å². The van der Waals surface area contributed by atoms with E-state index in [-0.39, 0.29) is 11.3 Å². The number of nitrogens with zero attached hydrogens (tertiary/aromatic N) is 2. The van der Waals surface area contributed by atoms with Gasteiger partial charge >= 0.3 is 0 Å². The zero-order valence-corrected chi connectivity index (χ0v) is 11.3. The summed E-state index contributed by atoms with van der Waals surface area (Å²) in [6, 6.07) is 7.42. The smallest absolute Gasteiger partial charge is 0.246 e. The van der Waals surface area contributed by atoms with Crippen molar-refractivity contribution in [3.8, 4) is 0 Å². The van der Waals surface area contributed by atoms with Crippen LogP contribution in [-0.4, -0.2) is 29.5 Å². The maximum Gasteiger partial charge on any atom is 0.246 e. The maximum atomic E-state index is 12.3. The molecule has 0 unspecified atom stereocenters. The fraction of sp³-hybridized carbons (Fsp3) is 0.200. The second-order valence-electron chi connectivity index (χ2n) is 4.61. The largest absolute Gasteiger partial charge is 0.350 e. The number of hydrogen-bond donors (Lipinski definition) is 0. The van der Waals surface area contributed by atoms with Crippen LogP contribution in [0.25, 0.3) is 17.0 Å². The first kappa shape index (κ1) is 13.1. The molecule has 98 valence electrons. The van der Waals surface area contributed by atoms with Crippen LogP contribution in [0.2, 0.25) is 0 Å². The Balaban J connectivity index is 2.54. The first-order valence-electron chi connectivity index (χ1n) is 5.98. The first-order valence-corrected chi connectivity index (χ1v) is 5.98. The molecule has 1 heterocycles. The molecule has 0 spiro atoms. The van der Waals surface area contributed by atoms with Gasteiger partial charge in [0.25, 0.3) is 0 Å². The highest BCUT2D eigenvalue weighted by molar-refractivity contribution is 5.92. The second-order valence-corrected chi connectivity index (χ2v) is 4.61. The van der Waals surface area contributed by atoms with E-state index in [9.17, 15) is 9.59 Å². The van der Waals surface area contributed by atoms with E-state index in [1.807, 2.05) is 29.8 Å². The minimum absolute atomic E-state index is 0.0588. The van der Waals surface area contributed by atoms with Crippen LogP contribution in [0.15, 0.2) is 41.3 Å². The van der Waals surface area contributed by atoms with E-state index in [4.69, 9.17) is 0 Å². The van der Waals surface area contributed by atoms with Gasteiger partial charge in [0, 0.05) is 44.4 Å². The van der Waals surface area contributed by atoms with Crippen molar-refractivity contribution in [2.75, 3.05) is 14.1 Å². The Morgan fingerprint density at radius 2 is 1.95 bits per heavy atom. The van der Waals surface area contributed by atoms with E-state index < -0.39 is 0 Å². The molecule has 0 radical (unpaired) electrons. The van der Waals surface area contributed by atoms with E-state index in [1.165, 1.54) is 11.0 Å². The number of carbonyl (C=O) groups excluding carboxylic acids is 1. The second kappa shape index (κ2) is 5.10. The molecular weight excluding hydrogens is 240 g/mol. The van der Waals surface area contributed by atoms with Gasteiger partial charge in [-0.15, -0.1) is 0 Å². The van der Waals surface area contributed by atoms with Crippen LogP contribution in [0, 0.1) is 0 Å². The van der Waals surface area contributed by atoms with Gasteiger partial charge in [-0.05, 0) is 18.2 Å². The van der Waals surface area contributed by atoms with E-state index >= 15 is 0 Å². The number of hydrogen-bond acceptors (Lipinski definition) is 2. The molecule has 2 rings (SSSR count). The molecule has 0 aliphatic heterocycles. The number of amides is 1. The third-order valence-corrected chi connectivity index (χ3v) is 2.97. The van der Waals surface area contributed by atoms with Gasteiger partial charge in [0.15, 0.2) is 5.43 Å². The lowest BCUT2D eigenvalue weighted by atomic mass is 10.1. The number of fused-ring (bicyclic) bond motifs is 1. The number of aryl methyl sites for hydroxylation is 1. The molecule has 4 heteroatoms. The third-order valence-electron chi connectivity index (χ3n) is 2.97. The minimum atomic E-state index is -0.143. The number of benzene rings is 1. The molecule has 4 nitrogen and oxygen atoms in total. The number of pyridine rings is 1. The zero-order valence-electron chi connectivity index (χ0n) is 11.3. The van der Waals surface area contributed by atoms with Crippen LogP contribution >= 0.6 is 0 Å². The van der Waals surface area contributed by atoms with Crippen LogP contribution < -0.4 is 5.43 Å². The summed E-state index contributed by atoms with van der Waals surface area (Å²) in [6.07, 6.45) is 4.72. The van der Waals surface area contributed by atoms with Crippen molar-refractivity contribution < 1.29 is 4.79 Å². The molecule has 19 heavy (non-hydrogen) atoms. The molecule has 0 aliphatic rings. The van der Waals surface area contributed by atoms with E-state index in [2.05, 4.69) is 0 Å². The third kappa shape index (κ3) is 2.57. The fourth-order valence-corrected chi connectivity index (χ4v) is 1.89. The molecule has 0 aliphatic carbocycles. The van der Waals surface area contributed by atoms with E-state index in [0.717, 1.165) is 5.52 Å². The van der Waals surface area contributed by atoms with Gasteiger partial charge in [0.05, 0.1) is 5.52 Å². The number of para-hydroxylation sites is 1. The van der Waals surface area contributed by atoms with Crippen molar-refractivity contribution in [3.05, 3.63) is 52.3 Å². The number of rotatable bonds is 2. The van der Waals surface area contributed by atoms with E-state index in [0.29, 0.717) is 10.9 Å². The highest BCUT2D eigenvalue weighted by atomic mass is 16.2. The summed E-state index contributed by atoms with van der Waals surface area (Å²) >= 11 is 0. The molecule has 0 saturated heterocycles. The van der Waals surface area contributed by atoms with Crippen LogP contribution in [0.3, 0.4) is 0 Å². The van der Waals surface area contributed by atoms with Gasteiger partial charge in [-0.3, -0.25) is 9.59 Å². The average Bonchev–Trinajstić information content (AvgIpc) is 2.40. The fourth-order valence-electron chi connectivity index (χ4n) is 1.89. The van der Waals surface area contributed by atoms with E-state index in [1.54, 1.807) is 32.4 Å². The Kier molecular flexibility index (Phi) is 3.51. The molecule has 1 aromatic carbocycles. The maximum absolute atomic E-state index is 12.3. The van der Waals surface area contributed by atoms with Gasteiger partial charge < -0.3 is 9.47 Å². The SMILES string of the molecule is CN(C)C(=O)/C=C/c1cn(C)c2ccccc2c1=O. The number of carbonyl (C=O) groups is 1. The van der Waals surface area contributed by atoms with Crippen molar-refractivity contribution in [1.82, 2.24) is 9.47 Å². The minimum Gasteiger partial charge on any atom is -0.350 e. The summed E-state index contributed by atoms with van der Waals surface area (Å²) in [6.45, 7) is 0. The summed E-state index contributed by atoms with van der Waals surface area (Å²) < 4.78 is 1.89. The molecule has 1 amide bonds. The lowest BCUT2D eigenvalue weighted by Crippen LogP contribution is -2.19. The summed E-state index contributed by atoms with van der Waals surface area (Å²) in [5, 5.41) is 0.657. The van der Waals surface area contributed by atoms with Crippen LogP contribution in [0.5, 0.6) is 0 Å². The first-order chi connectivity index (χ1) is 9.00. The van der Waals surface area contributed by atoms with Crippen LogP contribution in [0.1, 0.15) is 5.56 Å². The normalized spacial score (nSPS) is 11.1. The topological polar surface area (TPSA) is 42.3 Å². The zero-order chi connectivity index (χ0) is 14.0. The van der Waals surface area contributed by atoms with Crippen molar-refractivity contribution in [1.29, 1.82) is 0 Å². The van der Waals surface area contributed by atoms with Crippen LogP contribution in [-0.2, 0) is 11.8 Å². The lowest BCUT2D eigenvalue weighted by molar-refractivity contribution is -0.123. The summed E-state index contributed by atoms with van der Waals surface area (Å²) in [4.78, 5) is 25.2. The predicted octanol–water partition coefficient (Wildman–Crippen LogP) is 1.64. The molecular formula is C15H16N2O2. The number of aromatic nitrogens is 1. The Morgan fingerprint density at radius 1 is 1.26 bits per heavy atom. The Bertz CT molecular complexity index is 712. The van der Waals surface area contributed by atoms with Crippen molar-refractivity contribution >= 4 is 22.9 Å². The Morgan fingerprint density at radius 3 is 2.63 bits per heavy atom. The highest BCUT2D eigenvalue weighted by Gasteiger charge is 2.05. The molecule has 1 aromatic heterocycles. The summed E-state index contributed by atoms with van der Waals surface area (Å²) in [5.41, 5.74) is 1.33. The van der Waals surface area contributed by atoms with Gasteiger partial charge in [0.2, 0.25) is 5.91 Å². The van der Waals surface area contributed by atoms with Crippen molar-refractivity contribution in [2.24, 2.45) is 7.05 Å². The molecule has 0 fully saturated rings. The average molecular weight is 256 g/mol. The van der Waals surface area contributed by atoms with Gasteiger partial charge in [0.1, 0.15) is 0 Å². The van der Waals surface area contributed by atoms with Gasteiger partial charge in [-0.1, -0.05) is 12.1 Å². The number of likely N-dealkylation sites (N-methyl/N-ethyl adjacent to an activating group) is 1. The molecule has 0 atom stereocenters. The lowest BCUT2D eigenvalue weighted by Gasteiger charge is -2.07. The quantitative estimate of drug-likeness (QED) is 0.767. The molecule has 0 N–H and O–H groups in total. The summed E-state index contributed by atoms with van der Waals surface area (Å²) in [5.74, 6) is -0.143. The predicted molar refractivity (Wildman–Crippen MR) is 76.9 cm³/mol. The Labute approximate surface area is 111 Å².